The summed E-state index contributed by atoms with van der Waals surface area (Å²) in [5.41, 5.74) is 4.80. The fraction of sp³-hybridized carbons (Fsp3) is 0.548. The predicted octanol–water partition coefficient (Wildman–Crippen LogP) is 6.47. The van der Waals surface area contributed by atoms with Gasteiger partial charge in [-0.05, 0) is 95.3 Å². The molecule has 0 unspecified atom stereocenters. The number of fused-ring (bicyclic) bond motifs is 1. The second-order valence-corrected chi connectivity index (χ2v) is 9.79. The van der Waals surface area contributed by atoms with Crippen LogP contribution in [0.4, 0.5) is 5.82 Å². The lowest BCUT2D eigenvalue weighted by Gasteiger charge is -2.23. The van der Waals surface area contributed by atoms with E-state index in [1.54, 1.807) is 0 Å². The number of allylic oxidation sites excluding steroid dienone is 3. The molecule has 4 rings (SSSR count). The zero-order valence-corrected chi connectivity index (χ0v) is 23.6. The fourth-order valence-electron chi connectivity index (χ4n) is 4.85. The monoisotopic (exact) mass is 523 g/mol. The minimum atomic E-state index is 0. The number of carbonyl (C=O) groups is 1. The normalized spacial score (nSPS) is 16.9. The van der Waals surface area contributed by atoms with Crippen LogP contribution >= 0.6 is 0 Å². The third-order valence-corrected chi connectivity index (χ3v) is 7.06. The molecule has 0 atom stereocenters. The van der Waals surface area contributed by atoms with Gasteiger partial charge in [-0.25, -0.2) is 0 Å². The quantitative estimate of drug-likeness (QED) is 0.407. The molecule has 1 aromatic carbocycles. The molecule has 1 aromatic heterocycles. The van der Waals surface area contributed by atoms with Crippen molar-refractivity contribution in [2.24, 2.45) is 13.0 Å². The zero-order valence-electron chi connectivity index (χ0n) is 23.6. The molecule has 1 saturated heterocycles. The van der Waals surface area contributed by atoms with Crippen LogP contribution in [0.1, 0.15) is 82.3 Å². The first-order valence-corrected chi connectivity index (χ1v) is 13.8. The van der Waals surface area contributed by atoms with Crippen molar-refractivity contribution in [1.82, 2.24) is 20.0 Å². The van der Waals surface area contributed by atoms with Crippen molar-refractivity contribution in [1.29, 1.82) is 0 Å². The summed E-state index contributed by atoms with van der Waals surface area (Å²) in [5, 5.41) is 11.3. The van der Waals surface area contributed by atoms with E-state index in [1.165, 1.54) is 19.3 Å². The van der Waals surface area contributed by atoms with Gasteiger partial charge in [0, 0.05) is 23.9 Å². The van der Waals surface area contributed by atoms with Crippen LogP contribution in [0.25, 0.3) is 0 Å². The Morgan fingerprint density at radius 1 is 1.21 bits per heavy atom. The van der Waals surface area contributed by atoms with Crippen molar-refractivity contribution < 1.29 is 9.53 Å². The van der Waals surface area contributed by atoms with Gasteiger partial charge in [-0.2, -0.15) is 5.10 Å². The summed E-state index contributed by atoms with van der Waals surface area (Å²) in [6.07, 6.45) is 10.8. The molecule has 7 nitrogen and oxygen atoms in total. The number of hydrogen-bond acceptors (Lipinski definition) is 5. The van der Waals surface area contributed by atoms with Crippen LogP contribution in [-0.2, 0) is 13.6 Å². The highest BCUT2D eigenvalue weighted by Crippen LogP contribution is 2.27. The van der Waals surface area contributed by atoms with E-state index in [4.69, 9.17) is 4.74 Å². The van der Waals surface area contributed by atoms with Gasteiger partial charge in [0.25, 0.3) is 5.91 Å². The van der Waals surface area contributed by atoms with Crippen molar-refractivity contribution in [3.05, 3.63) is 64.5 Å². The third kappa shape index (κ3) is 8.22. The van der Waals surface area contributed by atoms with E-state index in [-0.39, 0.29) is 13.3 Å². The molecule has 0 aliphatic carbocycles. The molecule has 0 bridgehead atoms. The van der Waals surface area contributed by atoms with Crippen molar-refractivity contribution in [3.8, 4) is 5.75 Å². The number of piperidine rings is 1. The molecule has 7 heteroatoms. The number of carbonyl (C=O) groups excluding carboxylic acids is 1. The maximum absolute atomic E-state index is 13.6. The Morgan fingerprint density at radius 2 is 1.95 bits per heavy atom. The van der Waals surface area contributed by atoms with Crippen molar-refractivity contribution >= 4 is 11.7 Å². The van der Waals surface area contributed by atoms with Gasteiger partial charge in [-0.1, -0.05) is 32.9 Å². The first-order chi connectivity index (χ1) is 17.9. The number of anilines is 1. The van der Waals surface area contributed by atoms with Crippen LogP contribution < -0.4 is 15.4 Å². The number of amides is 1. The molecule has 2 aliphatic heterocycles. The lowest BCUT2D eigenvalue weighted by atomic mass is 9.93. The maximum atomic E-state index is 13.6. The average Bonchev–Trinajstić information content (AvgIpc) is 3.15. The highest BCUT2D eigenvalue weighted by atomic mass is 16.5. The van der Waals surface area contributed by atoms with Crippen LogP contribution in [-0.4, -0.2) is 46.8 Å². The van der Waals surface area contributed by atoms with Crippen LogP contribution in [0.15, 0.2) is 47.8 Å². The van der Waals surface area contributed by atoms with Gasteiger partial charge >= 0.3 is 0 Å². The second kappa shape index (κ2) is 15.4. The van der Waals surface area contributed by atoms with Gasteiger partial charge in [0.05, 0.1) is 25.9 Å². The third-order valence-electron chi connectivity index (χ3n) is 7.06. The lowest BCUT2D eigenvalue weighted by Crippen LogP contribution is -2.32. The minimum absolute atomic E-state index is 0. The molecular weight excluding hydrogens is 474 g/mol. The minimum Gasteiger partial charge on any atom is -0.493 e. The van der Waals surface area contributed by atoms with Gasteiger partial charge in [0.15, 0.2) is 0 Å². The molecule has 0 radical (unpaired) electrons. The summed E-state index contributed by atoms with van der Waals surface area (Å²) in [6.45, 7) is 14.1. The molecule has 2 N–H and O–H groups in total. The van der Waals surface area contributed by atoms with Gasteiger partial charge in [0.1, 0.15) is 11.6 Å². The molecule has 2 aliphatic rings. The Hall–Kier alpha value is -3.06. The first kappa shape index (κ1) is 31.2. The Kier molecular flexibility index (Phi) is 12.6. The Balaban J connectivity index is 0.00000165. The van der Waals surface area contributed by atoms with Crippen LogP contribution in [0.5, 0.6) is 5.75 Å². The summed E-state index contributed by atoms with van der Waals surface area (Å²) in [4.78, 5) is 15.4. The van der Waals surface area contributed by atoms with E-state index in [2.05, 4.69) is 34.8 Å². The van der Waals surface area contributed by atoms with E-state index in [0.717, 1.165) is 66.0 Å². The molecule has 1 amide bonds. The van der Waals surface area contributed by atoms with E-state index >= 15 is 0 Å². The SMILES string of the molecule is C.C/C=C(C)\C=C1/CN(C(=O)c2ccc(OCCCC3CCNCC3)c(C)c2)Cc2cnn(C)c2N1.CC. The summed E-state index contributed by atoms with van der Waals surface area (Å²) >= 11 is 0. The Bertz CT molecular complexity index is 1100. The molecule has 2 aromatic rings. The predicted molar refractivity (Wildman–Crippen MR) is 159 cm³/mol. The summed E-state index contributed by atoms with van der Waals surface area (Å²) in [7, 11) is 1.91. The topological polar surface area (TPSA) is 71.4 Å². The molecular formula is C31H49N5O2. The molecule has 210 valence electrons. The van der Waals surface area contributed by atoms with Crippen molar-refractivity contribution in [2.75, 3.05) is 31.6 Å². The van der Waals surface area contributed by atoms with E-state index < -0.39 is 0 Å². The molecule has 3 heterocycles. The number of hydrogen-bond donors (Lipinski definition) is 2. The van der Waals surface area contributed by atoms with Crippen LogP contribution in [0.2, 0.25) is 0 Å². The van der Waals surface area contributed by atoms with E-state index in [9.17, 15) is 4.79 Å². The number of rotatable bonds is 7. The molecule has 1 fully saturated rings. The molecule has 0 saturated carbocycles. The van der Waals surface area contributed by atoms with Gasteiger partial charge in [-0.3, -0.25) is 9.48 Å². The summed E-state index contributed by atoms with van der Waals surface area (Å²) < 4.78 is 7.90. The number of aryl methyl sites for hydroxylation is 2. The highest BCUT2D eigenvalue weighted by molar-refractivity contribution is 5.95. The number of ether oxygens (including phenoxy) is 1. The zero-order chi connectivity index (χ0) is 26.8. The summed E-state index contributed by atoms with van der Waals surface area (Å²) in [5.74, 6) is 2.62. The van der Waals surface area contributed by atoms with Gasteiger partial charge in [0.2, 0.25) is 0 Å². The highest BCUT2D eigenvalue weighted by Gasteiger charge is 2.25. The number of aromatic nitrogens is 2. The van der Waals surface area contributed by atoms with Crippen molar-refractivity contribution in [3.63, 3.8) is 0 Å². The largest absolute Gasteiger partial charge is 0.493 e. The lowest BCUT2D eigenvalue weighted by molar-refractivity contribution is 0.0761. The smallest absolute Gasteiger partial charge is 0.254 e. The van der Waals surface area contributed by atoms with Gasteiger partial charge in [-0.15, -0.1) is 0 Å². The van der Waals surface area contributed by atoms with Crippen LogP contribution in [0, 0.1) is 12.8 Å². The van der Waals surface area contributed by atoms with E-state index in [1.807, 2.05) is 68.7 Å². The first-order valence-electron chi connectivity index (χ1n) is 13.8. The Morgan fingerprint density at radius 3 is 2.63 bits per heavy atom. The van der Waals surface area contributed by atoms with Crippen molar-refractivity contribution in [2.45, 2.75) is 74.3 Å². The Labute approximate surface area is 230 Å². The number of nitrogens with zero attached hydrogens (tertiary/aromatic N) is 3. The number of benzene rings is 1. The second-order valence-electron chi connectivity index (χ2n) is 9.79. The fourth-order valence-corrected chi connectivity index (χ4v) is 4.85. The van der Waals surface area contributed by atoms with Gasteiger partial charge < -0.3 is 20.3 Å². The summed E-state index contributed by atoms with van der Waals surface area (Å²) in [6, 6.07) is 5.79. The number of nitrogens with one attached hydrogen (secondary N) is 2. The maximum Gasteiger partial charge on any atom is 0.254 e. The van der Waals surface area contributed by atoms with E-state index in [0.29, 0.717) is 18.7 Å². The molecule has 0 spiro atoms. The molecule has 38 heavy (non-hydrogen) atoms. The van der Waals surface area contributed by atoms with Crippen LogP contribution in [0.3, 0.4) is 0 Å². The standard InChI is InChI=1S/C28H39N5O2.C2H6.CH4/c1-5-20(2)15-25-19-33(18-24-17-30-32(4)27(24)31-25)28(34)23-8-9-26(21(3)16-23)35-14-6-7-22-10-12-29-13-11-22;1-2;/h5,8-9,15-17,22,29,31H,6-7,10-14,18-19H2,1-4H3;1-2H3;1H4/b20-5-,25-15+;;. The average molecular weight is 524 g/mol.